The van der Waals surface area contributed by atoms with Crippen LogP contribution in [0.1, 0.15) is 11.4 Å². The number of hydrogen-bond acceptors (Lipinski definition) is 9. The molecule has 10 heteroatoms. The van der Waals surface area contributed by atoms with Gasteiger partial charge in [0.05, 0.1) is 11.4 Å². The van der Waals surface area contributed by atoms with Gasteiger partial charge in [-0.2, -0.15) is 19.6 Å². The maximum atomic E-state index is 5.74. The molecule has 3 aromatic rings. The number of anilines is 2. The van der Waals surface area contributed by atoms with Gasteiger partial charge in [-0.3, -0.25) is 0 Å². The lowest BCUT2D eigenvalue weighted by molar-refractivity contribution is 0.755. The van der Waals surface area contributed by atoms with Crippen LogP contribution >= 0.6 is 11.8 Å². The lowest BCUT2D eigenvalue weighted by Crippen LogP contribution is -2.16. The number of nitrogens with zero attached hydrogens (tertiary/aromatic N) is 8. The van der Waals surface area contributed by atoms with Crippen LogP contribution in [0.5, 0.6) is 0 Å². The molecule has 0 fully saturated rings. The molecule has 3 rings (SSSR count). The van der Waals surface area contributed by atoms with Gasteiger partial charge in [0.15, 0.2) is 0 Å². The van der Waals surface area contributed by atoms with Crippen molar-refractivity contribution in [2.45, 2.75) is 17.8 Å². The average molecular weight is 343 g/mol. The van der Waals surface area contributed by atoms with Crippen molar-refractivity contribution < 1.29 is 0 Å². The van der Waals surface area contributed by atoms with E-state index in [2.05, 4.69) is 30.5 Å². The van der Waals surface area contributed by atoms with Crippen molar-refractivity contribution in [2.24, 2.45) is 0 Å². The van der Waals surface area contributed by atoms with Crippen molar-refractivity contribution >= 4 is 23.7 Å². The van der Waals surface area contributed by atoms with Crippen LogP contribution in [0, 0.1) is 6.92 Å². The standard InChI is InChI=1S/C14H17N9S/c1-9-5-4-6-10(7-9)23-14(19-20-21-23)24-8-11-16-12(15)18-13(17-11)22(2)3/h4-7H,8H2,1-3H3,(H2,15,16,17,18). The summed E-state index contributed by atoms with van der Waals surface area (Å²) in [4.78, 5) is 14.4. The van der Waals surface area contributed by atoms with Crippen molar-refractivity contribution in [3.8, 4) is 5.69 Å². The molecular formula is C14H17N9S. The van der Waals surface area contributed by atoms with E-state index in [0.717, 1.165) is 11.3 Å². The minimum absolute atomic E-state index is 0.197. The molecule has 0 spiro atoms. The minimum atomic E-state index is 0.197. The number of hydrogen-bond donors (Lipinski definition) is 1. The SMILES string of the molecule is Cc1cccc(-n2nnnc2SCc2nc(N)nc(N(C)C)n2)c1. The van der Waals surface area contributed by atoms with Crippen LogP contribution in [-0.4, -0.2) is 49.3 Å². The third-order valence-corrected chi connectivity index (χ3v) is 4.02. The number of aryl methyl sites for hydroxylation is 1. The Bertz CT molecular complexity index is 846. The Hall–Kier alpha value is -2.75. The minimum Gasteiger partial charge on any atom is -0.368 e. The van der Waals surface area contributed by atoms with Gasteiger partial charge < -0.3 is 10.6 Å². The topological polar surface area (TPSA) is 112 Å². The first-order chi connectivity index (χ1) is 11.5. The van der Waals surface area contributed by atoms with E-state index in [1.165, 1.54) is 11.8 Å². The normalized spacial score (nSPS) is 10.8. The summed E-state index contributed by atoms with van der Waals surface area (Å²) in [6.45, 7) is 2.02. The fourth-order valence-electron chi connectivity index (χ4n) is 2.01. The zero-order chi connectivity index (χ0) is 17.1. The summed E-state index contributed by atoms with van der Waals surface area (Å²) in [5.74, 6) is 1.79. The second-order valence-corrected chi connectivity index (χ2v) is 6.25. The van der Waals surface area contributed by atoms with Gasteiger partial charge in [0.2, 0.25) is 17.1 Å². The Morgan fingerprint density at radius 3 is 2.79 bits per heavy atom. The Morgan fingerprint density at radius 1 is 1.21 bits per heavy atom. The van der Waals surface area contributed by atoms with Crippen LogP contribution in [0.2, 0.25) is 0 Å². The lowest BCUT2D eigenvalue weighted by atomic mass is 10.2. The molecule has 0 bridgehead atoms. The third-order valence-electron chi connectivity index (χ3n) is 3.10. The van der Waals surface area contributed by atoms with Gasteiger partial charge in [-0.05, 0) is 35.0 Å². The molecule has 2 heterocycles. The molecule has 0 saturated heterocycles. The molecule has 0 saturated carbocycles. The van der Waals surface area contributed by atoms with Gasteiger partial charge in [0.1, 0.15) is 5.82 Å². The number of nitrogen functional groups attached to an aromatic ring is 1. The first-order valence-corrected chi connectivity index (χ1v) is 8.17. The molecule has 0 radical (unpaired) electrons. The Morgan fingerprint density at radius 2 is 2.04 bits per heavy atom. The number of rotatable bonds is 5. The molecule has 0 atom stereocenters. The Balaban J connectivity index is 1.80. The average Bonchev–Trinajstić information content (AvgIpc) is 3.01. The van der Waals surface area contributed by atoms with Crippen LogP contribution in [0.4, 0.5) is 11.9 Å². The monoisotopic (exact) mass is 343 g/mol. The number of thioether (sulfide) groups is 1. The molecule has 24 heavy (non-hydrogen) atoms. The van der Waals surface area contributed by atoms with Crippen LogP contribution < -0.4 is 10.6 Å². The number of benzene rings is 1. The van der Waals surface area contributed by atoms with E-state index in [1.807, 2.05) is 45.3 Å². The summed E-state index contributed by atoms with van der Waals surface area (Å²) < 4.78 is 1.69. The summed E-state index contributed by atoms with van der Waals surface area (Å²) in [5.41, 5.74) is 7.79. The fourth-order valence-corrected chi connectivity index (χ4v) is 2.76. The highest BCUT2D eigenvalue weighted by Gasteiger charge is 2.12. The van der Waals surface area contributed by atoms with Gasteiger partial charge in [0.25, 0.3) is 0 Å². The second-order valence-electron chi connectivity index (χ2n) is 5.31. The molecule has 0 aliphatic carbocycles. The predicted molar refractivity (Wildman–Crippen MR) is 92.0 cm³/mol. The molecule has 9 nitrogen and oxygen atoms in total. The number of tetrazole rings is 1. The quantitative estimate of drug-likeness (QED) is 0.680. The zero-order valence-electron chi connectivity index (χ0n) is 13.6. The molecule has 0 unspecified atom stereocenters. The summed E-state index contributed by atoms with van der Waals surface area (Å²) in [5, 5.41) is 12.5. The molecule has 0 aliphatic rings. The van der Waals surface area contributed by atoms with Crippen LogP contribution in [0.15, 0.2) is 29.4 Å². The van der Waals surface area contributed by atoms with E-state index in [1.54, 1.807) is 9.58 Å². The van der Waals surface area contributed by atoms with E-state index in [0.29, 0.717) is 22.7 Å². The zero-order valence-corrected chi connectivity index (χ0v) is 14.4. The number of aromatic nitrogens is 7. The Labute approximate surface area is 143 Å². The molecule has 1 aromatic carbocycles. The van der Waals surface area contributed by atoms with Gasteiger partial charge in [-0.1, -0.05) is 23.9 Å². The molecule has 124 valence electrons. The highest BCUT2D eigenvalue weighted by atomic mass is 32.2. The summed E-state index contributed by atoms with van der Waals surface area (Å²) in [6.07, 6.45) is 0. The molecule has 0 amide bonds. The van der Waals surface area contributed by atoms with E-state index >= 15 is 0 Å². The van der Waals surface area contributed by atoms with Crippen molar-refractivity contribution in [2.75, 3.05) is 24.7 Å². The van der Waals surface area contributed by atoms with Crippen molar-refractivity contribution in [1.29, 1.82) is 0 Å². The molecular weight excluding hydrogens is 326 g/mol. The first-order valence-electron chi connectivity index (χ1n) is 7.19. The first kappa shape index (κ1) is 16.1. The molecule has 2 aromatic heterocycles. The van der Waals surface area contributed by atoms with E-state index < -0.39 is 0 Å². The largest absolute Gasteiger partial charge is 0.368 e. The van der Waals surface area contributed by atoms with Gasteiger partial charge in [-0.15, -0.1) is 5.10 Å². The maximum Gasteiger partial charge on any atom is 0.229 e. The van der Waals surface area contributed by atoms with E-state index in [9.17, 15) is 0 Å². The van der Waals surface area contributed by atoms with Crippen molar-refractivity contribution in [3.05, 3.63) is 35.7 Å². The summed E-state index contributed by atoms with van der Waals surface area (Å²) in [6, 6.07) is 7.97. The van der Waals surface area contributed by atoms with Gasteiger partial charge in [-0.25, -0.2) is 0 Å². The Kier molecular flexibility index (Phi) is 4.56. The van der Waals surface area contributed by atoms with Crippen molar-refractivity contribution in [3.63, 3.8) is 0 Å². The molecule has 2 N–H and O–H groups in total. The summed E-state index contributed by atoms with van der Waals surface area (Å²) >= 11 is 1.44. The molecule has 0 aliphatic heterocycles. The lowest BCUT2D eigenvalue weighted by Gasteiger charge is -2.11. The maximum absolute atomic E-state index is 5.74. The van der Waals surface area contributed by atoms with Crippen molar-refractivity contribution in [1.82, 2.24) is 35.2 Å². The van der Waals surface area contributed by atoms with Gasteiger partial charge in [0, 0.05) is 14.1 Å². The van der Waals surface area contributed by atoms with E-state index in [-0.39, 0.29) is 5.95 Å². The van der Waals surface area contributed by atoms with Crippen LogP contribution in [0.25, 0.3) is 5.69 Å². The summed E-state index contributed by atoms with van der Waals surface area (Å²) in [7, 11) is 3.70. The highest BCUT2D eigenvalue weighted by molar-refractivity contribution is 7.98. The van der Waals surface area contributed by atoms with Crippen LogP contribution in [0.3, 0.4) is 0 Å². The smallest absolute Gasteiger partial charge is 0.229 e. The third kappa shape index (κ3) is 3.59. The fraction of sp³-hybridized carbons (Fsp3) is 0.286. The second kappa shape index (κ2) is 6.79. The number of nitrogens with two attached hydrogens (primary N) is 1. The predicted octanol–water partition coefficient (Wildman–Crippen LogP) is 1.10. The van der Waals surface area contributed by atoms with Gasteiger partial charge >= 0.3 is 0 Å². The van der Waals surface area contributed by atoms with E-state index in [4.69, 9.17) is 5.73 Å². The highest BCUT2D eigenvalue weighted by Crippen LogP contribution is 2.22. The van der Waals surface area contributed by atoms with Crippen LogP contribution in [-0.2, 0) is 5.75 Å².